The lowest BCUT2D eigenvalue weighted by Crippen LogP contribution is -2.33. The van der Waals surface area contributed by atoms with Crippen molar-refractivity contribution in [2.24, 2.45) is 0 Å². The third kappa shape index (κ3) is 1.73. The van der Waals surface area contributed by atoms with Crippen LogP contribution in [0.2, 0.25) is 0 Å². The maximum atomic E-state index is 4.31. The Hall–Kier alpha value is -1.68. The lowest BCUT2D eigenvalue weighted by molar-refractivity contribution is 0.289. The number of hydrogen-bond donors (Lipinski definition) is 1. The predicted octanol–water partition coefficient (Wildman–Crippen LogP) is 2.29. The number of likely N-dealkylation sites (N-methyl/N-ethyl adjacent to an activating group) is 1. The summed E-state index contributed by atoms with van der Waals surface area (Å²) in [7, 11) is 2.02. The standard InChI is InChI=1S/C14H18N4/c1-10-7-13(18-9-16-8-17-18)14(15-2)12-6-4-3-5-11(10)12/h3-6,8-10,13-15H,7H2,1-2H3. The molecule has 1 aromatic carbocycles. The summed E-state index contributed by atoms with van der Waals surface area (Å²) >= 11 is 0. The monoisotopic (exact) mass is 242 g/mol. The molecule has 3 atom stereocenters. The first-order chi connectivity index (χ1) is 8.81. The Balaban J connectivity index is 2.05. The Morgan fingerprint density at radius 2 is 2.06 bits per heavy atom. The van der Waals surface area contributed by atoms with Gasteiger partial charge in [-0.2, -0.15) is 5.10 Å². The highest BCUT2D eigenvalue weighted by Gasteiger charge is 2.33. The van der Waals surface area contributed by atoms with Gasteiger partial charge >= 0.3 is 0 Å². The van der Waals surface area contributed by atoms with Crippen molar-refractivity contribution in [3.05, 3.63) is 48.0 Å². The van der Waals surface area contributed by atoms with E-state index in [1.54, 1.807) is 6.33 Å². The Kier molecular flexibility index (Phi) is 2.88. The first-order valence-electron chi connectivity index (χ1n) is 6.41. The van der Waals surface area contributed by atoms with Crippen LogP contribution in [0.1, 0.15) is 42.5 Å². The van der Waals surface area contributed by atoms with Gasteiger partial charge in [-0.1, -0.05) is 31.2 Å². The second-order valence-corrected chi connectivity index (χ2v) is 4.97. The normalized spacial score (nSPS) is 26.9. The van der Waals surface area contributed by atoms with Gasteiger partial charge in [0, 0.05) is 0 Å². The van der Waals surface area contributed by atoms with Gasteiger partial charge in [0.15, 0.2) is 0 Å². The molecule has 2 aromatic rings. The predicted molar refractivity (Wildman–Crippen MR) is 70.3 cm³/mol. The molecule has 3 unspecified atom stereocenters. The third-order valence-electron chi connectivity index (χ3n) is 3.93. The molecule has 4 nitrogen and oxygen atoms in total. The Morgan fingerprint density at radius 3 is 2.72 bits per heavy atom. The summed E-state index contributed by atoms with van der Waals surface area (Å²) in [5.41, 5.74) is 2.84. The minimum atomic E-state index is 0.305. The van der Waals surface area contributed by atoms with Gasteiger partial charge in [-0.05, 0) is 30.5 Å². The van der Waals surface area contributed by atoms with Crippen LogP contribution in [0.3, 0.4) is 0 Å². The van der Waals surface area contributed by atoms with E-state index < -0.39 is 0 Å². The van der Waals surface area contributed by atoms with Crippen LogP contribution in [0, 0.1) is 0 Å². The molecule has 1 aromatic heterocycles. The first-order valence-corrected chi connectivity index (χ1v) is 6.41. The van der Waals surface area contributed by atoms with E-state index >= 15 is 0 Å². The van der Waals surface area contributed by atoms with E-state index in [-0.39, 0.29) is 0 Å². The van der Waals surface area contributed by atoms with Gasteiger partial charge in [0.1, 0.15) is 12.7 Å². The van der Waals surface area contributed by atoms with E-state index in [9.17, 15) is 0 Å². The fourth-order valence-electron chi connectivity index (χ4n) is 3.07. The van der Waals surface area contributed by atoms with E-state index in [0.29, 0.717) is 18.0 Å². The first kappa shape index (κ1) is 11.4. The molecule has 18 heavy (non-hydrogen) atoms. The molecule has 1 heterocycles. The zero-order valence-corrected chi connectivity index (χ0v) is 10.7. The summed E-state index contributed by atoms with van der Waals surface area (Å²) in [6, 6.07) is 9.33. The van der Waals surface area contributed by atoms with Crippen LogP contribution >= 0.6 is 0 Å². The fourth-order valence-corrected chi connectivity index (χ4v) is 3.07. The fraction of sp³-hybridized carbons (Fsp3) is 0.429. The second kappa shape index (κ2) is 4.53. The number of fused-ring (bicyclic) bond motifs is 1. The van der Waals surface area contributed by atoms with Gasteiger partial charge in [-0.3, -0.25) is 0 Å². The minimum absolute atomic E-state index is 0.305. The maximum absolute atomic E-state index is 4.31. The highest BCUT2D eigenvalue weighted by atomic mass is 15.3. The molecule has 94 valence electrons. The molecular formula is C14H18N4. The number of nitrogens with one attached hydrogen (secondary N) is 1. The molecular weight excluding hydrogens is 224 g/mol. The number of aromatic nitrogens is 3. The van der Waals surface area contributed by atoms with Crippen LogP contribution in [-0.4, -0.2) is 21.8 Å². The van der Waals surface area contributed by atoms with E-state index in [2.05, 4.69) is 46.6 Å². The summed E-state index contributed by atoms with van der Waals surface area (Å²) in [6.45, 7) is 2.29. The molecule has 0 radical (unpaired) electrons. The Bertz CT molecular complexity index is 520. The zero-order valence-electron chi connectivity index (χ0n) is 10.7. The quantitative estimate of drug-likeness (QED) is 0.878. The van der Waals surface area contributed by atoms with Gasteiger partial charge in [-0.15, -0.1) is 0 Å². The van der Waals surface area contributed by atoms with Crippen molar-refractivity contribution in [2.45, 2.75) is 31.3 Å². The third-order valence-corrected chi connectivity index (χ3v) is 3.93. The molecule has 1 aliphatic carbocycles. The van der Waals surface area contributed by atoms with Crippen LogP contribution in [-0.2, 0) is 0 Å². The summed E-state index contributed by atoms with van der Waals surface area (Å²) in [5.74, 6) is 0.556. The van der Waals surface area contributed by atoms with Crippen molar-refractivity contribution in [1.82, 2.24) is 20.1 Å². The van der Waals surface area contributed by atoms with E-state index in [1.807, 2.05) is 18.1 Å². The average Bonchev–Trinajstić information content (AvgIpc) is 2.92. The van der Waals surface area contributed by atoms with Crippen molar-refractivity contribution >= 4 is 0 Å². The number of nitrogens with zero attached hydrogens (tertiary/aromatic N) is 3. The van der Waals surface area contributed by atoms with Crippen LogP contribution in [0.25, 0.3) is 0 Å². The maximum Gasteiger partial charge on any atom is 0.137 e. The summed E-state index contributed by atoms with van der Waals surface area (Å²) < 4.78 is 1.98. The molecule has 0 fully saturated rings. The van der Waals surface area contributed by atoms with Crippen molar-refractivity contribution in [3.8, 4) is 0 Å². The van der Waals surface area contributed by atoms with Gasteiger partial charge in [0.05, 0.1) is 12.1 Å². The molecule has 1 N–H and O–H groups in total. The summed E-state index contributed by atoms with van der Waals surface area (Å²) in [6.07, 6.45) is 4.51. The van der Waals surface area contributed by atoms with Crippen molar-refractivity contribution in [3.63, 3.8) is 0 Å². The largest absolute Gasteiger partial charge is 0.311 e. The molecule has 0 bridgehead atoms. The molecule has 1 aliphatic rings. The molecule has 0 saturated carbocycles. The van der Waals surface area contributed by atoms with Gasteiger partial charge < -0.3 is 5.32 Å². The number of benzene rings is 1. The van der Waals surface area contributed by atoms with Crippen molar-refractivity contribution < 1.29 is 0 Å². The highest BCUT2D eigenvalue weighted by Crippen LogP contribution is 2.42. The number of rotatable bonds is 2. The second-order valence-electron chi connectivity index (χ2n) is 4.97. The topological polar surface area (TPSA) is 42.7 Å². The highest BCUT2D eigenvalue weighted by molar-refractivity contribution is 5.36. The summed E-state index contributed by atoms with van der Waals surface area (Å²) in [4.78, 5) is 4.07. The van der Waals surface area contributed by atoms with Crippen LogP contribution in [0.15, 0.2) is 36.9 Å². The molecule has 0 amide bonds. The van der Waals surface area contributed by atoms with Crippen LogP contribution < -0.4 is 5.32 Å². The van der Waals surface area contributed by atoms with Crippen molar-refractivity contribution in [1.29, 1.82) is 0 Å². The Labute approximate surface area is 107 Å². The zero-order chi connectivity index (χ0) is 12.5. The van der Waals surface area contributed by atoms with Gasteiger partial charge in [-0.25, -0.2) is 9.67 Å². The summed E-state index contributed by atoms with van der Waals surface area (Å²) in [5, 5.41) is 7.74. The van der Waals surface area contributed by atoms with Crippen LogP contribution in [0.5, 0.6) is 0 Å². The minimum Gasteiger partial charge on any atom is -0.311 e. The van der Waals surface area contributed by atoms with Gasteiger partial charge in [0.2, 0.25) is 0 Å². The SMILES string of the molecule is CNC1c2ccccc2C(C)CC1n1cncn1. The molecule has 0 spiro atoms. The van der Waals surface area contributed by atoms with E-state index in [4.69, 9.17) is 0 Å². The molecule has 3 rings (SSSR count). The van der Waals surface area contributed by atoms with E-state index in [0.717, 1.165) is 6.42 Å². The smallest absolute Gasteiger partial charge is 0.137 e. The average molecular weight is 242 g/mol. The molecule has 4 heteroatoms. The molecule has 0 aliphatic heterocycles. The molecule has 0 saturated heterocycles. The van der Waals surface area contributed by atoms with Gasteiger partial charge in [0.25, 0.3) is 0 Å². The number of hydrogen-bond acceptors (Lipinski definition) is 3. The van der Waals surface area contributed by atoms with Crippen LogP contribution in [0.4, 0.5) is 0 Å². The lowest BCUT2D eigenvalue weighted by Gasteiger charge is -2.36. The van der Waals surface area contributed by atoms with Crippen molar-refractivity contribution in [2.75, 3.05) is 7.05 Å². The van der Waals surface area contributed by atoms with E-state index in [1.165, 1.54) is 11.1 Å². The Morgan fingerprint density at radius 1 is 1.28 bits per heavy atom. The lowest BCUT2D eigenvalue weighted by atomic mass is 9.78.